The van der Waals surface area contributed by atoms with Gasteiger partial charge in [-0.1, -0.05) is 33.6 Å². The van der Waals surface area contributed by atoms with Gasteiger partial charge in [0.2, 0.25) is 0 Å². The Morgan fingerprint density at radius 3 is 2.59 bits per heavy atom. The highest BCUT2D eigenvalue weighted by molar-refractivity contribution is 4.94. The van der Waals surface area contributed by atoms with Crippen LogP contribution in [-0.4, -0.2) is 35.5 Å². The summed E-state index contributed by atoms with van der Waals surface area (Å²) >= 11 is 0. The molecule has 0 heterocycles. The predicted octanol–water partition coefficient (Wildman–Crippen LogP) is 1.93. The van der Waals surface area contributed by atoms with Gasteiger partial charge in [0.1, 0.15) is 0 Å². The first-order valence-corrected chi connectivity index (χ1v) is 6.96. The second-order valence-corrected chi connectivity index (χ2v) is 6.32. The highest BCUT2D eigenvalue weighted by Gasteiger charge is 2.35. The van der Waals surface area contributed by atoms with Gasteiger partial charge < -0.3 is 15.5 Å². The van der Waals surface area contributed by atoms with E-state index in [1.807, 2.05) is 0 Å². The molecule has 3 nitrogen and oxygen atoms in total. The second-order valence-electron chi connectivity index (χ2n) is 6.32. The molecule has 0 aliphatic heterocycles. The molecule has 1 rings (SSSR count). The van der Waals surface area contributed by atoms with Gasteiger partial charge in [-0.3, -0.25) is 0 Å². The SMILES string of the molecule is CCC(C)(CO)CNC1(CO)CCCC(C)C1. The van der Waals surface area contributed by atoms with Crippen molar-refractivity contribution >= 4 is 0 Å². The van der Waals surface area contributed by atoms with Crippen molar-refractivity contribution in [2.24, 2.45) is 11.3 Å². The van der Waals surface area contributed by atoms with Crippen molar-refractivity contribution in [3.63, 3.8) is 0 Å². The number of hydrogen-bond acceptors (Lipinski definition) is 3. The summed E-state index contributed by atoms with van der Waals surface area (Å²) in [7, 11) is 0. The molecule has 0 bridgehead atoms. The summed E-state index contributed by atoms with van der Waals surface area (Å²) in [6, 6.07) is 0. The zero-order valence-electron chi connectivity index (χ0n) is 11.6. The van der Waals surface area contributed by atoms with Gasteiger partial charge in [0.25, 0.3) is 0 Å². The maximum absolute atomic E-state index is 9.68. The molecule has 1 fully saturated rings. The second kappa shape index (κ2) is 6.17. The third-order valence-electron chi connectivity index (χ3n) is 4.52. The lowest BCUT2D eigenvalue weighted by molar-refractivity contribution is 0.0689. The Balaban J connectivity index is 2.57. The largest absolute Gasteiger partial charge is 0.396 e. The quantitative estimate of drug-likeness (QED) is 0.668. The lowest BCUT2D eigenvalue weighted by Gasteiger charge is -2.42. The molecular formula is C14H29NO2. The van der Waals surface area contributed by atoms with Crippen LogP contribution in [0, 0.1) is 11.3 Å². The summed E-state index contributed by atoms with van der Waals surface area (Å²) in [6.07, 6.45) is 5.52. The number of rotatable bonds is 6. The first-order chi connectivity index (χ1) is 7.99. The van der Waals surface area contributed by atoms with Crippen LogP contribution in [-0.2, 0) is 0 Å². The van der Waals surface area contributed by atoms with Gasteiger partial charge in [-0.25, -0.2) is 0 Å². The fraction of sp³-hybridized carbons (Fsp3) is 1.00. The van der Waals surface area contributed by atoms with Crippen molar-refractivity contribution < 1.29 is 10.2 Å². The molecule has 0 aromatic heterocycles. The summed E-state index contributed by atoms with van der Waals surface area (Å²) < 4.78 is 0. The maximum atomic E-state index is 9.68. The third-order valence-corrected chi connectivity index (χ3v) is 4.52. The molecule has 0 saturated heterocycles. The van der Waals surface area contributed by atoms with E-state index in [9.17, 15) is 10.2 Å². The Kier molecular flexibility index (Phi) is 5.42. The fourth-order valence-corrected chi connectivity index (χ4v) is 2.71. The normalized spacial score (nSPS) is 33.4. The van der Waals surface area contributed by atoms with Gasteiger partial charge in [0, 0.05) is 24.1 Å². The van der Waals surface area contributed by atoms with E-state index in [-0.39, 0.29) is 24.2 Å². The minimum atomic E-state index is -0.108. The monoisotopic (exact) mass is 243 g/mol. The van der Waals surface area contributed by atoms with Gasteiger partial charge in [-0.05, 0) is 25.2 Å². The van der Waals surface area contributed by atoms with Crippen molar-refractivity contribution in [1.82, 2.24) is 5.32 Å². The van der Waals surface area contributed by atoms with E-state index in [4.69, 9.17) is 0 Å². The van der Waals surface area contributed by atoms with E-state index in [0.717, 1.165) is 25.8 Å². The van der Waals surface area contributed by atoms with Crippen LogP contribution in [0.3, 0.4) is 0 Å². The highest BCUT2D eigenvalue weighted by Crippen LogP contribution is 2.33. The molecule has 0 spiro atoms. The molecule has 0 radical (unpaired) electrons. The van der Waals surface area contributed by atoms with E-state index in [1.165, 1.54) is 12.8 Å². The van der Waals surface area contributed by atoms with Crippen molar-refractivity contribution in [3.05, 3.63) is 0 Å². The standard InChI is InChI=1S/C14H29NO2/c1-4-13(3,10-16)9-15-14(11-17)7-5-6-12(2)8-14/h12,15-17H,4-11H2,1-3H3. The van der Waals surface area contributed by atoms with Gasteiger partial charge >= 0.3 is 0 Å². The van der Waals surface area contributed by atoms with E-state index in [0.29, 0.717) is 5.92 Å². The van der Waals surface area contributed by atoms with E-state index in [1.54, 1.807) is 0 Å². The fourth-order valence-electron chi connectivity index (χ4n) is 2.71. The molecule has 3 N–H and O–H groups in total. The van der Waals surface area contributed by atoms with E-state index < -0.39 is 0 Å². The van der Waals surface area contributed by atoms with Crippen LogP contribution in [0.1, 0.15) is 52.9 Å². The predicted molar refractivity (Wildman–Crippen MR) is 70.9 cm³/mol. The first-order valence-electron chi connectivity index (χ1n) is 6.96. The summed E-state index contributed by atoms with van der Waals surface area (Å²) in [5.41, 5.74) is -0.174. The van der Waals surface area contributed by atoms with Crippen molar-refractivity contribution in [2.45, 2.75) is 58.4 Å². The number of aliphatic hydroxyl groups excluding tert-OH is 2. The van der Waals surface area contributed by atoms with Crippen molar-refractivity contribution in [3.8, 4) is 0 Å². The van der Waals surface area contributed by atoms with Crippen LogP contribution in [0.5, 0.6) is 0 Å². The molecular weight excluding hydrogens is 214 g/mol. The van der Waals surface area contributed by atoms with Crippen LogP contribution in [0.4, 0.5) is 0 Å². The number of nitrogens with one attached hydrogen (secondary N) is 1. The summed E-state index contributed by atoms with van der Waals surface area (Å²) in [5.74, 6) is 0.686. The molecule has 17 heavy (non-hydrogen) atoms. The molecule has 1 aliphatic rings. The summed E-state index contributed by atoms with van der Waals surface area (Å²) in [5, 5.41) is 22.6. The maximum Gasteiger partial charge on any atom is 0.0613 e. The molecule has 1 aliphatic carbocycles. The van der Waals surface area contributed by atoms with E-state index in [2.05, 4.69) is 26.1 Å². The average molecular weight is 243 g/mol. The van der Waals surface area contributed by atoms with Gasteiger partial charge in [-0.2, -0.15) is 0 Å². The summed E-state index contributed by atoms with van der Waals surface area (Å²) in [4.78, 5) is 0. The van der Waals surface area contributed by atoms with Crippen LogP contribution >= 0.6 is 0 Å². The third kappa shape index (κ3) is 3.94. The van der Waals surface area contributed by atoms with Crippen LogP contribution in [0.25, 0.3) is 0 Å². The van der Waals surface area contributed by atoms with Crippen LogP contribution < -0.4 is 5.32 Å². The molecule has 102 valence electrons. The Morgan fingerprint density at radius 1 is 1.41 bits per heavy atom. The van der Waals surface area contributed by atoms with Gasteiger partial charge in [-0.15, -0.1) is 0 Å². The average Bonchev–Trinajstić information content (AvgIpc) is 2.36. The highest BCUT2D eigenvalue weighted by atomic mass is 16.3. The molecule has 0 aromatic rings. The number of hydrogen-bond donors (Lipinski definition) is 3. The van der Waals surface area contributed by atoms with Crippen molar-refractivity contribution in [2.75, 3.05) is 19.8 Å². The lowest BCUT2D eigenvalue weighted by atomic mass is 9.76. The molecule has 1 saturated carbocycles. The molecule has 0 amide bonds. The lowest BCUT2D eigenvalue weighted by Crippen LogP contribution is -2.54. The van der Waals surface area contributed by atoms with E-state index >= 15 is 0 Å². The van der Waals surface area contributed by atoms with Crippen LogP contribution in [0.2, 0.25) is 0 Å². The summed E-state index contributed by atoms with van der Waals surface area (Å²) in [6.45, 7) is 7.66. The zero-order chi connectivity index (χ0) is 12.9. The smallest absolute Gasteiger partial charge is 0.0613 e. The van der Waals surface area contributed by atoms with Gasteiger partial charge in [0.05, 0.1) is 6.61 Å². The minimum Gasteiger partial charge on any atom is -0.396 e. The van der Waals surface area contributed by atoms with Gasteiger partial charge in [0.15, 0.2) is 0 Å². The molecule has 3 unspecified atom stereocenters. The number of aliphatic hydroxyl groups is 2. The minimum absolute atomic E-state index is 0.0666. The molecule has 3 heteroatoms. The van der Waals surface area contributed by atoms with Crippen LogP contribution in [0.15, 0.2) is 0 Å². The van der Waals surface area contributed by atoms with Crippen molar-refractivity contribution in [1.29, 1.82) is 0 Å². The Hall–Kier alpha value is -0.120. The molecule has 0 aromatic carbocycles. The Bertz CT molecular complexity index is 228. The Morgan fingerprint density at radius 2 is 2.12 bits per heavy atom. The first kappa shape index (κ1) is 14.9. The topological polar surface area (TPSA) is 52.5 Å². The Labute approximate surface area is 106 Å². The zero-order valence-corrected chi connectivity index (χ0v) is 11.6. The molecule has 3 atom stereocenters.